The molecule has 1 saturated heterocycles. The Kier molecular flexibility index (Phi) is 3.35. The Morgan fingerprint density at radius 2 is 2.33 bits per heavy atom. The monoisotopic (exact) mass is 308 g/mol. The predicted molar refractivity (Wildman–Crippen MR) is 74.8 cm³/mol. The third-order valence-corrected chi connectivity index (χ3v) is 4.10. The van der Waals surface area contributed by atoms with Crippen LogP contribution in [0.1, 0.15) is 31.5 Å². The number of likely N-dealkylation sites (tertiary alicyclic amines) is 1. The summed E-state index contributed by atoms with van der Waals surface area (Å²) < 4.78 is 2.90. The summed E-state index contributed by atoms with van der Waals surface area (Å²) in [4.78, 5) is 7.13. The summed E-state index contributed by atoms with van der Waals surface area (Å²) in [6.07, 6.45) is 4.42. The van der Waals surface area contributed by atoms with E-state index in [4.69, 9.17) is 0 Å². The van der Waals surface area contributed by atoms with Crippen LogP contribution >= 0.6 is 15.9 Å². The number of nitrogens with zero attached hydrogens (tertiary/aromatic N) is 4. The minimum absolute atomic E-state index is 0.484. The SMILES string of the molecule is CCN1CCCC(c2nc3ccc(Br)cn3n2)C1. The van der Waals surface area contributed by atoms with Crippen LogP contribution in [-0.2, 0) is 0 Å². The van der Waals surface area contributed by atoms with Crippen molar-refractivity contribution in [3.63, 3.8) is 0 Å². The lowest BCUT2D eigenvalue weighted by Gasteiger charge is -2.30. The van der Waals surface area contributed by atoms with Gasteiger partial charge in [0.1, 0.15) is 0 Å². The van der Waals surface area contributed by atoms with Gasteiger partial charge in [-0.05, 0) is 54.0 Å². The average molecular weight is 309 g/mol. The zero-order valence-electron chi connectivity index (χ0n) is 10.5. The molecule has 0 aliphatic carbocycles. The number of halogens is 1. The van der Waals surface area contributed by atoms with Crippen LogP contribution in [0.2, 0.25) is 0 Å². The molecule has 0 radical (unpaired) electrons. The number of hydrogen-bond donors (Lipinski definition) is 0. The molecule has 1 unspecified atom stereocenters. The number of hydrogen-bond acceptors (Lipinski definition) is 3. The zero-order chi connectivity index (χ0) is 12.5. The first-order valence-corrected chi connectivity index (χ1v) is 7.29. The smallest absolute Gasteiger partial charge is 0.156 e. The van der Waals surface area contributed by atoms with Gasteiger partial charge >= 0.3 is 0 Å². The van der Waals surface area contributed by atoms with E-state index in [1.54, 1.807) is 0 Å². The van der Waals surface area contributed by atoms with Crippen molar-refractivity contribution < 1.29 is 0 Å². The molecule has 1 aliphatic rings. The van der Waals surface area contributed by atoms with Crippen molar-refractivity contribution in [1.82, 2.24) is 19.5 Å². The second-order valence-corrected chi connectivity index (χ2v) is 5.77. The van der Waals surface area contributed by atoms with E-state index in [1.807, 2.05) is 22.8 Å². The van der Waals surface area contributed by atoms with Crippen LogP contribution in [0.5, 0.6) is 0 Å². The minimum Gasteiger partial charge on any atom is -0.303 e. The van der Waals surface area contributed by atoms with Gasteiger partial charge in [-0.2, -0.15) is 5.10 Å². The fraction of sp³-hybridized carbons (Fsp3) is 0.538. The molecule has 5 heteroatoms. The van der Waals surface area contributed by atoms with Gasteiger partial charge in [-0.3, -0.25) is 0 Å². The van der Waals surface area contributed by atoms with Crippen molar-refractivity contribution in [3.05, 3.63) is 28.6 Å². The van der Waals surface area contributed by atoms with Crippen LogP contribution in [0.15, 0.2) is 22.8 Å². The Labute approximate surface area is 115 Å². The standard InChI is InChI=1S/C13H17BrN4/c1-2-17-7-3-4-10(8-17)13-15-12-6-5-11(14)9-18(12)16-13/h5-6,9-10H,2-4,7-8H2,1H3. The van der Waals surface area contributed by atoms with E-state index in [1.165, 1.54) is 19.4 Å². The van der Waals surface area contributed by atoms with Crippen LogP contribution in [0, 0.1) is 0 Å². The average Bonchev–Trinajstić information content (AvgIpc) is 2.81. The highest BCUT2D eigenvalue weighted by Crippen LogP contribution is 2.25. The lowest BCUT2D eigenvalue weighted by Crippen LogP contribution is -2.34. The second kappa shape index (κ2) is 4.97. The van der Waals surface area contributed by atoms with Gasteiger partial charge in [0.25, 0.3) is 0 Å². The van der Waals surface area contributed by atoms with E-state index in [0.717, 1.165) is 29.0 Å². The van der Waals surface area contributed by atoms with Crippen molar-refractivity contribution in [3.8, 4) is 0 Å². The molecule has 0 N–H and O–H groups in total. The molecule has 0 spiro atoms. The Balaban J connectivity index is 1.89. The largest absolute Gasteiger partial charge is 0.303 e. The van der Waals surface area contributed by atoms with Crippen LogP contribution in [0.25, 0.3) is 5.65 Å². The summed E-state index contributed by atoms with van der Waals surface area (Å²) in [7, 11) is 0. The van der Waals surface area contributed by atoms with Crippen molar-refractivity contribution in [1.29, 1.82) is 0 Å². The third kappa shape index (κ3) is 2.29. The lowest BCUT2D eigenvalue weighted by molar-refractivity contribution is 0.214. The second-order valence-electron chi connectivity index (χ2n) is 4.85. The third-order valence-electron chi connectivity index (χ3n) is 3.63. The number of aromatic nitrogens is 3. The van der Waals surface area contributed by atoms with E-state index in [-0.39, 0.29) is 0 Å². The molecular weight excluding hydrogens is 292 g/mol. The highest BCUT2D eigenvalue weighted by molar-refractivity contribution is 9.10. The minimum atomic E-state index is 0.484. The molecule has 0 saturated carbocycles. The molecule has 3 rings (SSSR count). The summed E-state index contributed by atoms with van der Waals surface area (Å²) in [5, 5.41) is 4.61. The molecule has 0 aromatic carbocycles. The van der Waals surface area contributed by atoms with E-state index >= 15 is 0 Å². The molecule has 18 heavy (non-hydrogen) atoms. The molecule has 1 atom stereocenters. The highest BCUT2D eigenvalue weighted by Gasteiger charge is 2.23. The fourth-order valence-corrected chi connectivity index (χ4v) is 2.93. The van der Waals surface area contributed by atoms with E-state index < -0.39 is 0 Å². The fourth-order valence-electron chi connectivity index (χ4n) is 2.60. The Bertz CT molecular complexity index is 551. The molecule has 1 aliphatic heterocycles. The van der Waals surface area contributed by atoms with Crippen LogP contribution < -0.4 is 0 Å². The molecule has 0 amide bonds. The van der Waals surface area contributed by atoms with Gasteiger partial charge in [0.2, 0.25) is 0 Å². The van der Waals surface area contributed by atoms with Crippen molar-refractivity contribution in [2.24, 2.45) is 0 Å². The number of likely N-dealkylation sites (N-methyl/N-ethyl adjacent to an activating group) is 1. The summed E-state index contributed by atoms with van der Waals surface area (Å²) in [5.74, 6) is 1.48. The first-order chi connectivity index (χ1) is 8.76. The van der Waals surface area contributed by atoms with E-state index in [0.29, 0.717) is 5.92 Å². The summed E-state index contributed by atoms with van der Waals surface area (Å²) in [5.41, 5.74) is 0.932. The van der Waals surface area contributed by atoms with Gasteiger partial charge in [0.15, 0.2) is 11.5 Å². The van der Waals surface area contributed by atoms with Crippen LogP contribution in [0.3, 0.4) is 0 Å². The normalized spacial score (nSPS) is 21.6. The number of fused-ring (bicyclic) bond motifs is 1. The first-order valence-electron chi connectivity index (χ1n) is 6.50. The van der Waals surface area contributed by atoms with Gasteiger partial charge in [0, 0.05) is 23.1 Å². The molecule has 96 valence electrons. The maximum Gasteiger partial charge on any atom is 0.156 e. The number of piperidine rings is 1. The van der Waals surface area contributed by atoms with Crippen LogP contribution in [0.4, 0.5) is 0 Å². The van der Waals surface area contributed by atoms with Gasteiger partial charge in [-0.15, -0.1) is 0 Å². The molecule has 3 heterocycles. The number of pyridine rings is 1. The lowest BCUT2D eigenvalue weighted by atomic mass is 9.97. The predicted octanol–water partition coefficient (Wildman–Crippen LogP) is 2.69. The van der Waals surface area contributed by atoms with Gasteiger partial charge in [-0.25, -0.2) is 9.50 Å². The van der Waals surface area contributed by atoms with Crippen molar-refractivity contribution in [2.75, 3.05) is 19.6 Å². The molecule has 4 nitrogen and oxygen atoms in total. The summed E-state index contributed by atoms with van der Waals surface area (Å²) in [6.45, 7) is 5.65. The Morgan fingerprint density at radius 1 is 1.44 bits per heavy atom. The van der Waals surface area contributed by atoms with Crippen molar-refractivity contribution in [2.45, 2.75) is 25.7 Å². The van der Waals surface area contributed by atoms with Gasteiger partial charge in [-0.1, -0.05) is 6.92 Å². The van der Waals surface area contributed by atoms with E-state index in [2.05, 4.69) is 37.8 Å². The Morgan fingerprint density at radius 3 is 3.17 bits per heavy atom. The number of rotatable bonds is 2. The highest BCUT2D eigenvalue weighted by atomic mass is 79.9. The topological polar surface area (TPSA) is 33.4 Å². The molecular formula is C13H17BrN4. The summed E-state index contributed by atoms with van der Waals surface area (Å²) in [6, 6.07) is 4.01. The molecule has 1 fully saturated rings. The molecule has 0 bridgehead atoms. The maximum absolute atomic E-state index is 4.65. The van der Waals surface area contributed by atoms with Gasteiger partial charge in [0.05, 0.1) is 0 Å². The van der Waals surface area contributed by atoms with Crippen molar-refractivity contribution >= 4 is 21.6 Å². The quantitative estimate of drug-likeness (QED) is 0.855. The van der Waals surface area contributed by atoms with Gasteiger partial charge < -0.3 is 4.90 Å². The molecule has 2 aromatic heterocycles. The zero-order valence-corrected chi connectivity index (χ0v) is 12.1. The first kappa shape index (κ1) is 12.1. The van der Waals surface area contributed by atoms with E-state index in [9.17, 15) is 0 Å². The van der Waals surface area contributed by atoms with Crippen LogP contribution in [-0.4, -0.2) is 39.1 Å². The summed E-state index contributed by atoms with van der Waals surface area (Å²) >= 11 is 3.46. The Hall–Kier alpha value is -0.940. The molecule has 2 aromatic rings. The maximum atomic E-state index is 4.65.